The summed E-state index contributed by atoms with van der Waals surface area (Å²) in [6, 6.07) is 0. The van der Waals surface area contributed by atoms with Gasteiger partial charge in [0.25, 0.3) is 0 Å². The van der Waals surface area contributed by atoms with Gasteiger partial charge >= 0.3 is 0 Å². The third-order valence-corrected chi connectivity index (χ3v) is 10.5. The van der Waals surface area contributed by atoms with Crippen molar-refractivity contribution in [3.05, 3.63) is 107 Å². The minimum absolute atomic E-state index is 0.0983. The van der Waals surface area contributed by atoms with Gasteiger partial charge in [-0.05, 0) is 66.5 Å². The first-order chi connectivity index (χ1) is 20.4. The molecule has 0 aromatic rings. The third kappa shape index (κ3) is 6.56. The number of allylic oxidation sites excluding steroid dienone is 16. The molecule has 0 unspecified atom stereocenters. The van der Waals surface area contributed by atoms with Gasteiger partial charge in [0.05, 0.1) is 23.4 Å². The highest BCUT2D eigenvalue weighted by Gasteiger charge is 2.68. The minimum atomic E-state index is -0.848. The molecule has 4 bridgehead atoms. The maximum absolute atomic E-state index is 11.1. The molecule has 4 rings (SSSR count). The van der Waals surface area contributed by atoms with Crippen LogP contribution in [0.2, 0.25) is 0 Å². The van der Waals surface area contributed by atoms with E-state index in [1.165, 1.54) is 0 Å². The zero-order valence-electron chi connectivity index (χ0n) is 28.8. The zero-order valence-corrected chi connectivity index (χ0v) is 28.8. The van der Waals surface area contributed by atoms with Crippen LogP contribution in [-0.4, -0.2) is 44.8 Å². The van der Waals surface area contributed by atoms with Crippen molar-refractivity contribution in [2.45, 2.75) is 130 Å². The summed E-state index contributed by atoms with van der Waals surface area (Å²) in [6.07, 6.45) is 32.7. The molecular formula is C40H56O4. The van der Waals surface area contributed by atoms with E-state index in [0.717, 1.165) is 35.1 Å². The average molecular weight is 601 g/mol. The molecular weight excluding hydrogens is 544 g/mol. The molecule has 0 spiro atoms. The Hall–Kier alpha value is -2.50. The molecule has 4 heterocycles. The van der Waals surface area contributed by atoms with E-state index in [-0.39, 0.29) is 23.0 Å². The maximum atomic E-state index is 11.1. The molecule has 44 heavy (non-hydrogen) atoms. The van der Waals surface area contributed by atoms with E-state index in [2.05, 4.69) is 140 Å². The monoisotopic (exact) mass is 600 g/mol. The minimum Gasteiger partial charge on any atom is -0.387 e. The smallest absolute Gasteiger partial charge is 0.120 e. The van der Waals surface area contributed by atoms with Crippen molar-refractivity contribution in [3.63, 3.8) is 0 Å². The van der Waals surface area contributed by atoms with Crippen LogP contribution < -0.4 is 0 Å². The summed E-state index contributed by atoms with van der Waals surface area (Å²) < 4.78 is 12.6. The molecule has 4 fully saturated rings. The fraction of sp³-hybridized carbons (Fsp3) is 0.550. The molecule has 4 saturated heterocycles. The number of aliphatic hydroxyl groups is 2. The van der Waals surface area contributed by atoms with E-state index in [4.69, 9.17) is 9.47 Å². The van der Waals surface area contributed by atoms with Gasteiger partial charge in [-0.15, -0.1) is 0 Å². The molecule has 2 N–H and O–H groups in total. The van der Waals surface area contributed by atoms with E-state index in [0.29, 0.717) is 12.8 Å². The first-order valence-electron chi connectivity index (χ1n) is 16.3. The van der Waals surface area contributed by atoms with Crippen molar-refractivity contribution in [2.75, 3.05) is 0 Å². The lowest BCUT2D eigenvalue weighted by Crippen LogP contribution is -2.56. The van der Waals surface area contributed by atoms with Crippen molar-refractivity contribution >= 4 is 0 Å². The maximum Gasteiger partial charge on any atom is 0.120 e. The number of hydrogen-bond donors (Lipinski definition) is 2. The zero-order chi connectivity index (χ0) is 32.6. The molecule has 0 aliphatic carbocycles. The molecule has 0 aromatic carbocycles. The van der Waals surface area contributed by atoms with E-state index >= 15 is 0 Å². The molecule has 4 nitrogen and oxygen atoms in total. The summed E-state index contributed by atoms with van der Waals surface area (Å²) in [5.74, 6) is 0. The Morgan fingerprint density at radius 1 is 0.500 bits per heavy atom. The quantitative estimate of drug-likeness (QED) is 0.246. The average Bonchev–Trinajstić information content (AvgIpc) is 3.50. The van der Waals surface area contributed by atoms with Gasteiger partial charge in [-0.25, -0.2) is 0 Å². The standard InChI is InChI=1S/C40H56O4/c1-29(17-13-19-31(3)21-23-39-35(5,6)25-33(43-39)27-37(39,9)41)15-11-12-16-30(2)18-14-20-32(4)22-24-40-36(7,8)26-34(44-40)28-38(40,10)42/h11-24,33-34,41-42H,25-28H2,1-10H3/b12-11+,17-13+,18-14+,23-21+,24-22+,29-15+,30-16+,31-19+,32-20+/t33-,34-,37-,38-,39+,40+/m1/s1. The van der Waals surface area contributed by atoms with Gasteiger partial charge in [0, 0.05) is 23.7 Å². The SMILES string of the molecule is CC(/C=C/C=C(C)/C=C/[C@]12O[C@H](CC1(C)C)C[C@@]2(C)O)=C\C=C\C=C(C)\C=C\C=C(C)\C=C\[C@]12O[C@H](CC1(C)C)C[C@@]2(C)O. The lowest BCUT2D eigenvalue weighted by molar-refractivity contribution is -0.115. The van der Waals surface area contributed by atoms with Crippen LogP contribution in [0.25, 0.3) is 0 Å². The van der Waals surface area contributed by atoms with Crippen molar-refractivity contribution < 1.29 is 19.7 Å². The summed E-state index contributed by atoms with van der Waals surface area (Å²) in [6.45, 7) is 20.9. The lowest BCUT2D eigenvalue weighted by atomic mass is 9.61. The summed E-state index contributed by atoms with van der Waals surface area (Å²) in [5, 5.41) is 22.2. The first kappa shape index (κ1) is 34.4. The van der Waals surface area contributed by atoms with Crippen molar-refractivity contribution in [1.29, 1.82) is 0 Å². The van der Waals surface area contributed by atoms with E-state index in [9.17, 15) is 10.2 Å². The Labute approximate surface area is 267 Å². The summed E-state index contributed by atoms with van der Waals surface area (Å²) >= 11 is 0. The number of fused-ring (bicyclic) bond motifs is 4. The van der Waals surface area contributed by atoms with E-state index in [1.54, 1.807) is 0 Å². The normalized spacial score (nSPS) is 39.2. The topological polar surface area (TPSA) is 58.9 Å². The number of ether oxygens (including phenoxy) is 2. The van der Waals surface area contributed by atoms with Crippen LogP contribution in [0.4, 0.5) is 0 Å². The van der Waals surface area contributed by atoms with Gasteiger partial charge in [-0.3, -0.25) is 0 Å². The van der Waals surface area contributed by atoms with Crippen LogP contribution in [-0.2, 0) is 9.47 Å². The largest absolute Gasteiger partial charge is 0.387 e. The molecule has 0 radical (unpaired) electrons. The molecule has 0 amide bonds. The first-order valence-corrected chi connectivity index (χ1v) is 16.3. The highest BCUT2D eigenvalue weighted by Crippen LogP contribution is 2.61. The highest BCUT2D eigenvalue weighted by atomic mass is 16.6. The third-order valence-electron chi connectivity index (χ3n) is 10.5. The van der Waals surface area contributed by atoms with Gasteiger partial charge in [-0.2, -0.15) is 0 Å². The van der Waals surface area contributed by atoms with Crippen molar-refractivity contribution in [3.8, 4) is 0 Å². The van der Waals surface area contributed by atoms with Crippen LogP contribution in [0, 0.1) is 10.8 Å². The molecule has 4 aliphatic rings. The van der Waals surface area contributed by atoms with Gasteiger partial charge in [-0.1, -0.05) is 123 Å². The Kier molecular flexibility index (Phi) is 9.66. The lowest BCUT2D eigenvalue weighted by Gasteiger charge is -2.46. The molecule has 6 atom stereocenters. The summed E-state index contributed by atoms with van der Waals surface area (Å²) in [7, 11) is 0. The second-order valence-electron chi connectivity index (χ2n) is 15.5. The van der Waals surface area contributed by atoms with Gasteiger partial charge < -0.3 is 19.7 Å². The van der Waals surface area contributed by atoms with Crippen LogP contribution in [0.15, 0.2) is 107 Å². The van der Waals surface area contributed by atoms with Crippen molar-refractivity contribution in [2.24, 2.45) is 10.8 Å². The Bertz CT molecular complexity index is 1230. The van der Waals surface area contributed by atoms with Crippen LogP contribution in [0.5, 0.6) is 0 Å². The van der Waals surface area contributed by atoms with Gasteiger partial charge in [0.1, 0.15) is 11.2 Å². The van der Waals surface area contributed by atoms with Gasteiger partial charge in [0.2, 0.25) is 0 Å². The van der Waals surface area contributed by atoms with Crippen LogP contribution in [0.1, 0.15) is 94.9 Å². The fourth-order valence-electron chi connectivity index (χ4n) is 8.23. The second-order valence-corrected chi connectivity index (χ2v) is 15.5. The number of hydrogen-bond acceptors (Lipinski definition) is 4. The summed E-state index contributed by atoms with van der Waals surface area (Å²) in [4.78, 5) is 0. The van der Waals surface area contributed by atoms with E-state index in [1.807, 2.05) is 13.8 Å². The highest BCUT2D eigenvalue weighted by molar-refractivity contribution is 5.35. The Morgan fingerprint density at radius 2 is 0.818 bits per heavy atom. The van der Waals surface area contributed by atoms with Crippen molar-refractivity contribution in [1.82, 2.24) is 0 Å². The number of rotatable bonds is 10. The predicted octanol–water partition coefficient (Wildman–Crippen LogP) is 8.97. The summed E-state index contributed by atoms with van der Waals surface area (Å²) in [5.41, 5.74) is 1.37. The molecule has 0 aromatic heterocycles. The van der Waals surface area contributed by atoms with Crippen LogP contribution in [0.3, 0.4) is 0 Å². The fourth-order valence-corrected chi connectivity index (χ4v) is 8.23. The molecule has 4 heteroatoms. The predicted molar refractivity (Wildman–Crippen MR) is 183 cm³/mol. The second kappa shape index (κ2) is 12.4. The van der Waals surface area contributed by atoms with Crippen LogP contribution >= 0.6 is 0 Å². The Morgan fingerprint density at radius 3 is 1.14 bits per heavy atom. The van der Waals surface area contributed by atoms with E-state index < -0.39 is 22.4 Å². The molecule has 240 valence electrons. The molecule has 0 saturated carbocycles. The Balaban J connectivity index is 1.28. The van der Waals surface area contributed by atoms with Gasteiger partial charge in [0.15, 0.2) is 0 Å². The molecule has 4 aliphatic heterocycles.